The third-order valence-electron chi connectivity index (χ3n) is 2.64. The lowest BCUT2D eigenvalue weighted by Gasteiger charge is -2.13. The van der Waals surface area contributed by atoms with Gasteiger partial charge in [0.2, 0.25) is 0 Å². The van der Waals surface area contributed by atoms with Crippen LogP contribution in [0.5, 0.6) is 11.5 Å². The molecular weight excluding hydrogens is 256 g/mol. The van der Waals surface area contributed by atoms with E-state index in [1.807, 2.05) is 30.3 Å². The summed E-state index contributed by atoms with van der Waals surface area (Å²) in [6.45, 7) is 0.295. The predicted octanol–water partition coefficient (Wildman–Crippen LogP) is 2.32. The Morgan fingerprint density at radius 2 is 1.45 bits per heavy atom. The number of carbonyl (C=O) groups is 1. The summed E-state index contributed by atoms with van der Waals surface area (Å²) in [6, 6.07) is 16.0. The Hall–Kier alpha value is -2.33. The van der Waals surface area contributed by atoms with E-state index in [1.165, 1.54) is 0 Å². The van der Waals surface area contributed by atoms with Gasteiger partial charge >= 0.3 is 0 Å². The molecule has 0 radical (unpaired) electrons. The standard InChI is InChI=1S/C16H16O4/c17-10-13-6-8-16(9-7-13)20-12-14(18)11-19-15-4-2-1-3-5-15/h1-10,14,18H,11-12H2. The van der Waals surface area contributed by atoms with Crippen molar-refractivity contribution in [2.45, 2.75) is 6.10 Å². The summed E-state index contributed by atoms with van der Waals surface area (Å²) in [4.78, 5) is 10.5. The zero-order valence-corrected chi connectivity index (χ0v) is 10.9. The molecule has 0 spiro atoms. The van der Waals surface area contributed by atoms with Gasteiger partial charge in [-0.05, 0) is 36.4 Å². The van der Waals surface area contributed by atoms with Crippen LogP contribution in [0.2, 0.25) is 0 Å². The normalized spacial score (nSPS) is 11.7. The van der Waals surface area contributed by atoms with Crippen LogP contribution in [0.15, 0.2) is 54.6 Å². The maximum absolute atomic E-state index is 10.5. The third kappa shape index (κ3) is 4.40. The van der Waals surface area contributed by atoms with Crippen LogP contribution in [-0.2, 0) is 0 Å². The Labute approximate surface area is 117 Å². The molecule has 0 amide bonds. The molecule has 2 rings (SSSR count). The number of ether oxygens (including phenoxy) is 2. The minimum Gasteiger partial charge on any atom is -0.491 e. The fraction of sp³-hybridized carbons (Fsp3) is 0.188. The van der Waals surface area contributed by atoms with E-state index in [9.17, 15) is 9.90 Å². The van der Waals surface area contributed by atoms with Gasteiger partial charge in [0.15, 0.2) is 0 Å². The molecule has 2 aromatic rings. The van der Waals surface area contributed by atoms with Gasteiger partial charge in [0.05, 0.1) is 0 Å². The summed E-state index contributed by atoms with van der Waals surface area (Å²) >= 11 is 0. The van der Waals surface area contributed by atoms with Crippen LogP contribution in [0, 0.1) is 0 Å². The van der Waals surface area contributed by atoms with Gasteiger partial charge in [0.1, 0.15) is 37.1 Å². The van der Waals surface area contributed by atoms with E-state index in [0.29, 0.717) is 17.1 Å². The molecule has 0 aliphatic carbocycles. The van der Waals surface area contributed by atoms with Crippen LogP contribution in [0.1, 0.15) is 10.4 Å². The number of rotatable bonds is 7. The van der Waals surface area contributed by atoms with Gasteiger partial charge in [0, 0.05) is 5.56 Å². The van der Waals surface area contributed by atoms with Gasteiger partial charge in [-0.15, -0.1) is 0 Å². The molecule has 0 aromatic heterocycles. The van der Waals surface area contributed by atoms with Crippen LogP contribution >= 0.6 is 0 Å². The molecule has 0 saturated heterocycles. The van der Waals surface area contributed by atoms with Crippen molar-refractivity contribution in [3.8, 4) is 11.5 Å². The van der Waals surface area contributed by atoms with Gasteiger partial charge in [-0.1, -0.05) is 18.2 Å². The molecule has 4 nitrogen and oxygen atoms in total. The maximum Gasteiger partial charge on any atom is 0.150 e. The van der Waals surface area contributed by atoms with Gasteiger partial charge in [-0.2, -0.15) is 0 Å². The van der Waals surface area contributed by atoms with Crippen LogP contribution in [0.3, 0.4) is 0 Å². The Bertz CT molecular complexity index is 522. The molecule has 1 unspecified atom stereocenters. The van der Waals surface area contributed by atoms with Gasteiger partial charge < -0.3 is 14.6 Å². The molecule has 4 heteroatoms. The Morgan fingerprint density at radius 3 is 2.00 bits per heavy atom. The van der Waals surface area contributed by atoms with Crippen molar-refractivity contribution in [2.75, 3.05) is 13.2 Å². The zero-order valence-electron chi connectivity index (χ0n) is 10.9. The monoisotopic (exact) mass is 272 g/mol. The van der Waals surface area contributed by atoms with E-state index in [4.69, 9.17) is 9.47 Å². The van der Waals surface area contributed by atoms with E-state index < -0.39 is 6.10 Å². The Kier molecular flexibility index (Phi) is 5.15. The molecule has 1 atom stereocenters. The second-order valence-corrected chi connectivity index (χ2v) is 4.28. The van der Waals surface area contributed by atoms with Crippen molar-refractivity contribution < 1.29 is 19.4 Å². The number of carbonyl (C=O) groups excluding carboxylic acids is 1. The van der Waals surface area contributed by atoms with Gasteiger partial charge in [0.25, 0.3) is 0 Å². The van der Waals surface area contributed by atoms with E-state index >= 15 is 0 Å². The number of aliphatic hydroxyl groups excluding tert-OH is 1. The zero-order chi connectivity index (χ0) is 14.2. The highest BCUT2D eigenvalue weighted by Gasteiger charge is 2.06. The summed E-state index contributed by atoms with van der Waals surface area (Å²) < 4.78 is 10.8. The van der Waals surface area contributed by atoms with Crippen LogP contribution in [-0.4, -0.2) is 30.7 Å². The highest BCUT2D eigenvalue weighted by Crippen LogP contribution is 2.12. The molecular formula is C16H16O4. The van der Waals surface area contributed by atoms with Crippen molar-refractivity contribution in [1.82, 2.24) is 0 Å². The summed E-state index contributed by atoms with van der Waals surface area (Å²) in [5, 5.41) is 9.77. The largest absolute Gasteiger partial charge is 0.491 e. The molecule has 104 valence electrons. The summed E-state index contributed by atoms with van der Waals surface area (Å²) in [6.07, 6.45) is 0.0488. The lowest BCUT2D eigenvalue weighted by atomic mass is 10.2. The van der Waals surface area contributed by atoms with Crippen molar-refractivity contribution in [2.24, 2.45) is 0 Å². The molecule has 0 aliphatic heterocycles. The van der Waals surface area contributed by atoms with Crippen molar-refractivity contribution in [3.63, 3.8) is 0 Å². The van der Waals surface area contributed by atoms with Gasteiger partial charge in [-0.3, -0.25) is 4.79 Å². The first-order valence-electron chi connectivity index (χ1n) is 6.32. The SMILES string of the molecule is O=Cc1ccc(OCC(O)COc2ccccc2)cc1. The fourth-order valence-corrected chi connectivity index (χ4v) is 1.59. The fourth-order valence-electron chi connectivity index (χ4n) is 1.59. The molecule has 1 N–H and O–H groups in total. The van der Waals surface area contributed by atoms with Crippen molar-refractivity contribution in [1.29, 1.82) is 0 Å². The quantitative estimate of drug-likeness (QED) is 0.786. The molecule has 0 saturated carbocycles. The van der Waals surface area contributed by atoms with Crippen molar-refractivity contribution in [3.05, 3.63) is 60.2 Å². The number of hydrogen-bond donors (Lipinski definition) is 1. The summed E-state index contributed by atoms with van der Waals surface area (Å²) in [5.74, 6) is 1.32. The smallest absolute Gasteiger partial charge is 0.150 e. The first-order chi connectivity index (χ1) is 9.78. The second-order valence-electron chi connectivity index (χ2n) is 4.28. The molecule has 0 heterocycles. The lowest BCUT2D eigenvalue weighted by Crippen LogP contribution is -2.25. The number of para-hydroxylation sites is 1. The predicted molar refractivity (Wildman–Crippen MR) is 75.3 cm³/mol. The number of aliphatic hydroxyl groups is 1. The first-order valence-corrected chi connectivity index (χ1v) is 6.32. The number of hydrogen-bond acceptors (Lipinski definition) is 4. The highest BCUT2D eigenvalue weighted by atomic mass is 16.5. The first kappa shape index (κ1) is 14.1. The minimum absolute atomic E-state index is 0.132. The third-order valence-corrected chi connectivity index (χ3v) is 2.64. The Morgan fingerprint density at radius 1 is 0.900 bits per heavy atom. The minimum atomic E-state index is -0.721. The molecule has 0 aliphatic rings. The topological polar surface area (TPSA) is 55.8 Å². The molecule has 0 bridgehead atoms. The molecule has 20 heavy (non-hydrogen) atoms. The average Bonchev–Trinajstić information content (AvgIpc) is 2.52. The van der Waals surface area contributed by atoms with E-state index in [1.54, 1.807) is 24.3 Å². The maximum atomic E-state index is 10.5. The second kappa shape index (κ2) is 7.31. The number of benzene rings is 2. The average molecular weight is 272 g/mol. The number of aldehydes is 1. The molecule has 0 fully saturated rings. The highest BCUT2D eigenvalue weighted by molar-refractivity contribution is 5.74. The van der Waals surface area contributed by atoms with E-state index in [-0.39, 0.29) is 13.2 Å². The van der Waals surface area contributed by atoms with Crippen LogP contribution in [0.4, 0.5) is 0 Å². The summed E-state index contributed by atoms with van der Waals surface area (Å²) in [7, 11) is 0. The van der Waals surface area contributed by atoms with Crippen molar-refractivity contribution >= 4 is 6.29 Å². The summed E-state index contributed by atoms with van der Waals surface area (Å²) in [5.41, 5.74) is 0.588. The van der Waals surface area contributed by atoms with Crippen LogP contribution in [0.25, 0.3) is 0 Å². The Balaban J connectivity index is 1.74. The van der Waals surface area contributed by atoms with E-state index in [0.717, 1.165) is 6.29 Å². The van der Waals surface area contributed by atoms with Crippen LogP contribution < -0.4 is 9.47 Å². The van der Waals surface area contributed by atoms with Gasteiger partial charge in [-0.25, -0.2) is 0 Å². The molecule has 2 aromatic carbocycles. The van der Waals surface area contributed by atoms with E-state index in [2.05, 4.69) is 0 Å². The lowest BCUT2D eigenvalue weighted by molar-refractivity contribution is 0.0626.